The van der Waals surface area contributed by atoms with E-state index >= 15 is 0 Å². The van der Waals surface area contributed by atoms with Crippen LogP contribution < -0.4 is 21.9 Å². The van der Waals surface area contributed by atoms with Crippen LogP contribution in [0.15, 0.2) is 9.59 Å². The van der Waals surface area contributed by atoms with Crippen LogP contribution >= 0.6 is 0 Å². The minimum atomic E-state index is -0.598. The van der Waals surface area contributed by atoms with Crippen LogP contribution in [0.2, 0.25) is 0 Å². The fraction of sp³-hybridized carbons (Fsp3) is 0.625. The lowest BCUT2D eigenvalue weighted by Gasteiger charge is -2.47. The number of nitrogens with two attached hydrogens (primary N) is 1. The molecule has 7 heteroatoms. The van der Waals surface area contributed by atoms with Crippen molar-refractivity contribution in [1.82, 2.24) is 15.2 Å². The molecule has 0 aromatic carbocycles. The number of H-pyrrole nitrogens is 2. The van der Waals surface area contributed by atoms with Crippen LogP contribution in [0.1, 0.15) is 13.3 Å². The highest BCUT2D eigenvalue weighted by Gasteiger charge is 2.39. The molecule has 1 saturated heterocycles. The molecule has 0 atom stereocenters. The molecule has 15 heavy (non-hydrogen) atoms. The maximum atomic E-state index is 11.4. The highest BCUT2D eigenvalue weighted by Crippen LogP contribution is 2.23. The Kier molecular flexibility index (Phi) is 2.11. The van der Waals surface area contributed by atoms with E-state index in [4.69, 9.17) is 5.73 Å². The quantitative estimate of drug-likeness (QED) is 0.545. The number of nitrogens with one attached hydrogen (secondary N) is 2. The Hall–Kier alpha value is -1.63. The van der Waals surface area contributed by atoms with E-state index in [-0.39, 0.29) is 11.4 Å². The van der Waals surface area contributed by atoms with Crippen LogP contribution in [-0.4, -0.2) is 33.8 Å². The third-order valence-electron chi connectivity index (χ3n) is 2.71. The average molecular weight is 211 g/mol. The number of nitrogens with zero attached hydrogens (tertiary/aromatic N) is 2. The summed E-state index contributed by atoms with van der Waals surface area (Å²) in [5, 5.41) is 5.88. The summed E-state index contributed by atoms with van der Waals surface area (Å²) in [4.78, 5) is 26.0. The van der Waals surface area contributed by atoms with Crippen LogP contribution in [0, 0.1) is 0 Å². The van der Waals surface area contributed by atoms with Gasteiger partial charge in [-0.3, -0.25) is 9.78 Å². The summed E-state index contributed by atoms with van der Waals surface area (Å²) in [6.45, 7) is 3.18. The van der Waals surface area contributed by atoms with E-state index in [1.165, 1.54) is 0 Å². The maximum Gasteiger partial charge on any atom is 0.342 e. The Bertz CT molecular complexity index is 470. The van der Waals surface area contributed by atoms with E-state index in [9.17, 15) is 9.59 Å². The largest absolute Gasteiger partial charge is 0.347 e. The van der Waals surface area contributed by atoms with Gasteiger partial charge in [0, 0.05) is 13.1 Å². The molecule has 1 aliphatic rings. The van der Waals surface area contributed by atoms with Crippen molar-refractivity contribution in [1.29, 1.82) is 0 Å². The topological polar surface area (TPSA) is 108 Å². The van der Waals surface area contributed by atoms with Gasteiger partial charge in [-0.05, 0) is 6.42 Å². The van der Waals surface area contributed by atoms with Gasteiger partial charge >= 0.3 is 5.69 Å². The molecule has 0 aliphatic carbocycles. The number of rotatable bonds is 2. The molecule has 4 N–H and O–H groups in total. The third kappa shape index (κ3) is 1.65. The summed E-state index contributed by atoms with van der Waals surface area (Å²) in [5.74, 6) is 0.226. The van der Waals surface area contributed by atoms with Crippen LogP contribution in [0.4, 0.5) is 5.82 Å². The second kappa shape index (κ2) is 3.20. The molecular weight excluding hydrogens is 198 g/mol. The summed E-state index contributed by atoms with van der Waals surface area (Å²) >= 11 is 0. The van der Waals surface area contributed by atoms with Gasteiger partial charge in [0.2, 0.25) is 5.82 Å². The van der Waals surface area contributed by atoms with Crippen molar-refractivity contribution >= 4 is 5.82 Å². The number of hydrogen-bond acceptors (Lipinski definition) is 5. The van der Waals surface area contributed by atoms with Gasteiger partial charge in [-0.25, -0.2) is 9.89 Å². The molecule has 0 spiro atoms. The Morgan fingerprint density at radius 3 is 2.73 bits per heavy atom. The first kappa shape index (κ1) is 9.91. The van der Waals surface area contributed by atoms with Gasteiger partial charge in [0.15, 0.2) is 0 Å². The van der Waals surface area contributed by atoms with E-state index in [0.717, 1.165) is 6.42 Å². The molecule has 0 saturated carbocycles. The van der Waals surface area contributed by atoms with Crippen molar-refractivity contribution in [2.75, 3.05) is 18.0 Å². The maximum absolute atomic E-state index is 11.4. The zero-order valence-electron chi connectivity index (χ0n) is 8.41. The molecule has 0 unspecified atom stereocenters. The van der Waals surface area contributed by atoms with Crippen LogP contribution in [0.25, 0.3) is 0 Å². The Morgan fingerprint density at radius 2 is 2.20 bits per heavy atom. The van der Waals surface area contributed by atoms with E-state index in [1.807, 2.05) is 6.92 Å². The second-order valence-corrected chi connectivity index (χ2v) is 3.90. The van der Waals surface area contributed by atoms with Gasteiger partial charge in [-0.15, -0.1) is 5.10 Å². The third-order valence-corrected chi connectivity index (χ3v) is 2.71. The van der Waals surface area contributed by atoms with Crippen molar-refractivity contribution in [2.24, 2.45) is 5.73 Å². The van der Waals surface area contributed by atoms with E-state index in [1.54, 1.807) is 4.90 Å². The molecule has 1 aliphatic heterocycles. The van der Waals surface area contributed by atoms with Crippen molar-refractivity contribution in [3.63, 3.8) is 0 Å². The van der Waals surface area contributed by atoms with Gasteiger partial charge < -0.3 is 10.6 Å². The van der Waals surface area contributed by atoms with Gasteiger partial charge in [0.05, 0.1) is 5.54 Å². The normalized spacial score (nSPS) is 18.7. The fourth-order valence-electron chi connectivity index (χ4n) is 1.64. The van der Waals surface area contributed by atoms with E-state index in [2.05, 4.69) is 15.2 Å². The first-order valence-electron chi connectivity index (χ1n) is 4.77. The number of aromatic nitrogens is 3. The predicted molar refractivity (Wildman–Crippen MR) is 54.9 cm³/mol. The van der Waals surface area contributed by atoms with Gasteiger partial charge in [-0.2, -0.15) is 0 Å². The predicted octanol–water partition coefficient (Wildman–Crippen LogP) is -1.61. The first-order chi connectivity index (χ1) is 7.04. The first-order valence-corrected chi connectivity index (χ1v) is 4.77. The summed E-state index contributed by atoms with van der Waals surface area (Å²) in [5.41, 5.74) is 4.65. The smallest absolute Gasteiger partial charge is 0.342 e. The summed E-state index contributed by atoms with van der Waals surface area (Å²) in [6, 6.07) is 0. The Morgan fingerprint density at radius 1 is 1.53 bits per heavy atom. The fourth-order valence-corrected chi connectivity index (χ4v) is 1.64. The Balaban J connectivity index is 2.21. The Labute approximate surface area is 85.3 Å². The van der Waals surface area contributed by atoms with Crippen molar-refractivity contribution in [3.05, 3.63) is 20.8 Å². The molecule has 2 heterocycles. The van der Waals surface area contributed by atoms with Crippen LogP contribution in [0.3, 0.4) is 0 Å². The summed E-state index contributed by atoms with van der Waals surface area (Å²) in [7, 11) is 0. The standard InChI is InChI=1S/C8H13N5O2/c1-2-8(9)3-13(4-8)5-6(14)10-7(15)12-11-5/h2-4,9H2,1H3,(H2,10,12,14,15). The SMILES string of the molecule is CCC1(N)CN(c2n[nH]c(=O)[nH]c2=O)C1. The van der Waals surface area contributed by atoms with Crippen molar-refractivity contribution in [2.45, 2.75) is 18.9 Å². The monoisotopic (exact) mass is 211 g/mol. The minimum absolute atomic E-state index is 0.226. The number of hydrogen-bond donors (Lipinski definition) is 3. The molecule has 1 fully saturated rings. The molecule has 2 rings (SSSR count). The molecule has 1 aromatic heterocycles. The zero-order valence-corrected chi connectivity index (χ0v) is 8.41. The van der Waals surface area contributed by atoms with E-state index < -0.39 is 11.2 Å². The minimum Gasteiger partial charge on any atom is -0.347 e. The molecule has 82 valence electrons. The highest BCUT2D eigenvalue weighted by molar-refractivity contribution is 5.41. The lowest BCUT2D eigenvalue weighted by molar-refractivity contribution is 0.318. The molecular formula is C8H13N5O2. The molecule has 0 radical (unpaired) electrons. The number of anilines is 1. The van der Waals surface area contributed by atoms with Crippen LogP contribution in [0.5, 0.6) is 0 Å². The van der Waals surface area contributed by atoms with Gasteiger partial charge in [0.25, 0.3) is 5.56 Å². The summed E-state index contributed by atoms with van der Waals surface area (Å²) < 4.78 is 0. The summed E-state index contributed by atoms with van der Waals surface area (Å²) in [6.07, 6.45) is 0.852. The van der Waals surface area contributed by atoms with Gasteiger partial charge in [-0.1, -0.05) is 6.92 Å². The van der Waals surface area contributed by atoms with Gasteiger partial charge in [0.1, 0.15) is 0 Å². The average Bonchev–Trinajstić information content (AvgIpc) is 2.14. The second-order valence-electron chi connectivity index (χ2n) is 3.90. The molecule has 7 nitrogen and oxygen atoms in total. The zero-order chi connectivity index (χ0) is 11.1. The van der Waals surface area contributed by atoms with E-state index in [0.29, 0.717) is 13.1 Å². The van der Waals surface area contributed by atoms with Crippen LogP contribution in [-0.2, 0) is 0 Å². The highest BCUT2D eigenvalue weighted by atomic mass is 16.2. The molecule has 0 bridgehead atoms. The molecule has 1 aromatic rings. The number of aromatic amines is 2. The lowest BCUT2D eigenvalue weighted by Crippen LogP contribution is -2.68. The lowest BCUT2D eigenvalue weighted by atomic mass is 9.88. The van der Waals surface area contributed by atoms with Crippen molar-refractivity contribution in [3.8, 4) is 0 Å². The molecule has 0 amide bonds. The van der Waals surface area contributed by atoms with Crippen molar-refractivity contribution < 1.29 is 0 Å².